The Bertz CT molecular complexity index is 1780. The van der Waals surface area contributed by atoms with E-state index < -0.39 is 36.7 Å². The molecule has 0 unspecified atom stereocenters. The summed E-state index contributed by atoms with van der Waals surface area (Å²) in [7, 11) is -0.152. The van der Waals surface area contributed by atoms with E-state index in [-0.39, 0.29) is 42.3 Å². The van der Waals surface area contributed by atoms with Crippen molar-refractivity contribution in [1.29, 1.82) is 0 Å². The molecule has 2 N–H and O–H groups in total. The molecule has 0 radical (unpaired) electrons. The van der Waals surface area contributed by atoms with E-state index in [0.29, 0.717) is 76.6 Å². The summed E-state index contributed by atoms with van der Waals surface area (Å²) in [6, 6.07) is 22.1. The molecule has 3 aromatic rings. The van der Waals surface area contributed by atoms with E-state index >= 15 is 0 Å². The Balaban J connectivity index is 1.40. The first-order valence-electron chi connectivity index (χ1n) is 19.6. The van der Waals surface area contributed by atoms with Crippen molar-refractivity contribution in [2.24, 2.45) is 5.92 Å². The number of ether oxygens (including phenoxy) is 3. The van der Waals surface area contributed by atoms with Crippen LogP contribution in [0.25, 0.3) is 0 Å². The van der Waals surface area contributed by atoms with Crippen molar-refractivity contribution >= 4 is 36.1 Å². The lowest BCUT2D eigenvalue weighted by Crippen LogP contribution is -2.50. The van der Waals surface area contributed by atoms with Gasteiger partial charge in [-0.25, -0.2) is 4.79 Å². The SMILES string of the molecule is CN(C(=O)[C@H](CCN1CCOCC1)CC(=O)[C@H](Cc1cccc(OCc2ccccc2)c1)N1CCCC1=O)[C@@H](Cc1cccc(B(O)O)c1)C(=O)OC(C)(C)C. The van der Waals surface area contributed by atoms with Crippen molar-refractivity contribution in [3.05, 3.63) is 95.6 Å². The lowest BCUT2D eigenvalue weighted by molar-refractivity contribution is -0.165. The molecule has 0 saturated carbocycles. The minimum Gasteiger partial charge on any atom is -0.489 e. The Morgan fingerprint density at radius 3 is 2.23 bits per heavy atom. The zero-order chi connectivity index (χ0) is 40.2. The summed E-state index contributed by atoms with van der Waals surface area (Å²) < 4.78 is 17.4. The number of carbonyl (C=O) groups is 4. The van der Waals surface area contributed by atoms with Crippen LogP contribution in [-0.2, 0) is 48.1 Å². The third-order valence-electron chi connectivity index (χ3n) is 10.3. The number of Topliss-reactive ketones (excluding diaryl/α,β-unsaturated/α-hetero) is 1. The molecule has 3 atom stereocenters. The number of likely N-dealkylation sites (tertiary alicyclic amines) is 1. The van der Waals surface area contributed by atoms with Crippen LogP contribution < -0.4 is 10.2 Å². The average molecular weight is 770 g/mol. The number of hydrogen-bond acceptors (Lipinski definition) is 10. The summed E-state index contributed by atoms with van der Waals surface area (Å²) in [5.74, 6) is -1.46. The number of esters is 1. The molecule has 0 bridgehead atoms. The number of morpholine rings is 1. The highest BCUT2D eigenvalue weighted by molar-refractivity contribution is 6.58. The van der Waals surface area contributed by atoms with Crippen LogP contribution in [0.5, 0.6) is 5.75 Å². The van der Waals surface area contributed by atoms with E-state index in [0.717, 1.165) is 11.1 Å². The van der Waals surface area contributed by atoms with Gasteiger partial charge in [0, 0.05) is 58.3 Å². The normalized spacial score (nSPS) is 16.5. The predicted molar refractivity (Wildman–Crippen MR) is 213 cm³/mol. The Morgan fingerprint density at radius 1 is 0.893 bits per heavy atom. The molecule has 0 aromatic heterocycles. The lowest BCUT2D eigenvalue weighted by atomic mass is 9.79. The molecular weight excluding hydrogens is 713 g/mol. The molecule has 0 spiro atoms. The van der Waals surface area contributed by atoms with E-state index in [1.54, 1.807) is 57.0 Å². The molecule has 300 valence electrons. The first-order valence-corrected chi connectivity index (χ1v) is 19.6. The molecule has 12 nitrogen and oxygen atoms in total. The number of hydrogen-bond donors (Lipinski definition) is 2. The van der Waals surface area contributed by atoms with Gasteiger partial charge in [-0.3, -0.25) is 19.3 Å². The highest BCUT2D eigenvalue weighted by Crippen LogP contribution is 2.26. The van der Waals surface area contributed by atoms with Gasteiger partial charge in [-0.15, -0.1) is 0 Å². The van der Waals surface area contributed by atoms with Gasteiger partial charge in [0.15, 0.2) is 5.78 Å². The van der Waals surface area contributed by atoms with Crippen molar-refractivity contribution in [2.45, 2.75) is 83.6 Å². The second-order valence-electron chi connectivity index (χ2n) is 15.8. The van der Waals surface area contributed by atoms with Crippen LogP contribution >= 0.6 is 0 Å². The summed E-state index contributed by atoms with van der Waals surface area (Å²) in [4.78, 5) is 61.5. The maximum absolute atomic E-state index is 14.7. The maximum Gasteiger partial charge on any atom is 0.488 e. The van der Waals surface area contributed by atoms with Gasteiger partial charge >= 0.3 is 13.1 Å². The number of benzene rings is 3. The fourth-order valence-corrected chi connectivity index (χ4v) is 7.27. The van der Waals surface area contributed by atoms with Gasteiger partial charge in [0.05, 0.1) is 19.3 Å². The molecule has 13 heteroatoms. The van der Waals surface area contributed by atoms with Gasteiger partial charge in [-0.05, 0) is 74.4 Å². The largest absolute Gasteiger partial charge is 0.489 e. The van der Waals surface area contributed by atoms with Crippen LogP contribution in [0.1, 0.15) is 63.1 Å². The van der Waals surface area contributed by atoms with Crippen molar-refractivity contribution in [1.82, 2.24) is 14.7 Å². The number of rotatable bonds is 18. The monoisotopic (exact) mass is 769 g/mol. The molecule has 3 aromatic carbocycles. The van der Waals surface area contributed by atoms with Crippen molar-refractivity contribution in [2.75, 3.05) is 46.4 Å². The van der Waals surface area contributed by atoms with Crippen LogP contribution in [0.2, 0.25) is 0 Å². The molecule has 5 rings (SSSR count). The van der Waals surface area contributed by atoms with Gasteiger partial charge < -0.3 is 34.1 Å². The van der Waals surface area contributed by atoms with Crippen LogP contribution in [0.4, 0.5) is 0 Å². The van der Waals surface area contributed by atoms with E-state index in [2.05, 4.69) is 4.90 Å². The van der Waals surface area contributed by atoms with Gasteiger partial charge in [0.1, 0.15) is 24.0 Å². The lowest BCUT2D eigenvalue weighted by Gasteiger charge is -2.34. The van der Waals surface area contributed by atoms with Crippen molar-refractivity contribution in [3.8, 4) is 5.75 Å². The Labute approximate surface area is 330 Å². The van der Waals surface area contributed by atoms with Gasteiger partial charge in [-0.2, -0.15) is 0 Å². The molecule has 2 saturated heterocycles. The first-order chi connectivity index (χ1) is 26.8. The minimum atomic E-state index is -1.70. The third-order valence-corrected chi connectivity index (χ3v) is 10.3. The summed E-state index contributed by atoms with van der Waals surface area (Å²) in [5.41, 5.74) is 1.88. The molecule has 2 heterocycles. The smallest absolute Gasteiger partial charge is 0.488 e. The first kappa shape index (κ1) is 42.6. The highest BCUT2D eigenvalue weighted by atomic mass is 16.6. The fraction of sp³-hybridized carbons (Fsp3) is 0.488. The number of amides is 2. The quantitative estimate of drug-likeness (QED) is 0.146. The van der Waals surface area contributed by atoms with Gasteiger partial charge in [0.2, 0.25) is 11.8 Å². The zero-order valence-electron chi connectivity index (χ0n) is 33.1. The van der Waals surface area contributed by atoms with Crippen LogP contribution in [0, 0.1) is 5.92 Å². The number of nitrogens with zero attached hydrogens (tertiary/aromatic N) is 3. The Kier molecular flexibility index (Phi) is 15.2. The van der Waals surface area contributed by atoms with Gasteiger partial charge in [-0.1, -0.05) is 66.7 Å². The summed E-state index contributed by atoms with van der Waals surface area (Å²) >= 11 is 0. The summed E-state index contributed by atoms with van der Waals surface area (Å²) in [6.07, 6.45) is 1.55. The Hall–Kier alpha value is -4.56. The second kappa shape index (κ2) is 20.0. The molecule has 2 fully saturated rings. The van der Waals surface area contributed by atoms with Crippen molar-refractivity contribution < 1.29 is 43.4 Å². The molecule has 2 aliphatic heterocycles. The second-order valence-corrected chi connectivity index (χ2v) is 15.8. The molecule has 2 aliphatic rings. The van der Waals surface area contributed by atoms with Crippen molar-refractivity contribution in [3.63, 3.8) is 0 Å². The van der Waals surface area contributed by atoms with E-state index in [9.17, 15) is 29.2 Å². The topological polar surface area (TPSA) is 146 Å². The van der Waals surface area contributed by atoms with Crippen LogP contribution in [0.15, 0.2) is 78.9 Å². The zero-order valence-corrected chi connectivity index (χ0v) is 33.1. The fourth-order valence-electron chi connectivity index (χ4n) is 7.27. The molecular formula is C43H56BN3O9. The minimum absolute atomic E-state index is 0.0510. The van der Waals surface area contributed by atoms with E-state index in [1.807, 2.05) is 54.6 Å². The number of ketones is 1. The molecule has 56 heavy (non-hydrogen) atoms. The maximum atomic E-state index is 14.7. The van der Waals surface area contributed by atoms with Crippen LogP contribution in [-0.4, -0.2) is 120 Å². The summed E-state index contributed by atoms with van der Waals surface area (Å²) in [5, 5.41) is 19.6. The average Bonchev–Trinajstić information content (AvgIpc) is 3.61. The highest BCUT2D eigenvalue weighted by Gasteiger charge is 2.39. The molecule has 2 amide bonds. The number of likely N-dealkylation sites (N-methyl/N-ethyl adjacent to an activating group) is 1. The van der Waals surface area contributed by atoms with E-state index in [1.165, 1.54) is 4.90 Å². The Morgan fingerprint density at radius 2 is 1.57 bits per heavy atom. The van der Waals surface area contributed by atoms with Crippen LogP contribution in [0.3, 0.4) is 0 Å². The van der Waals surface area contributed by atoms with E-state index in [4.69, 9.17) is 14.2 Å². The van der Waals surface area contributed by atoms with Gasteiger partial charge in [0.25, 0.3) is 0 Å². The summed E-state index contributed by atoms with van der Waals surface area (Å²) in [6.45, 7) is 9.19. The number of carbonyl (C=O) groups excluding carboxylic acids is 4. The standard InChI is InChI=1S/C43H56BN3O9/c1-43(2,3)56-42(51)38(28-32-13-8-15-35(25-32)44(52)53)45(4)41(50)34(18-20-46-21-23-54-24-22-46)29-39(48)37(47-19-10-17-40(47)49)27-33-14-9-16-36(26-33)55-30-31-11-6-5-7-12-31/h5-9,11-16,25-26,34,37-38,52-53H,10,17-24,27-30H2,1-4H3/t34-,37+,38+/m1/s1. The third kappa shape index (κ3) is 12.5. The molecule has 0 aliphatic carbocycles. The predicted octanol–water partition coefficient (Wildman–Crippen LogP) is 3.19.